The summed E-state index contributed by atoms with van der Waals surface area (Å²) >= 11 is 0. The molecule has 0 saturated heterocycles. The second-order valence-corrected chi connectivity index (χ2v) is 4.94. The summed E-state index contributed by atoms with van der Waals surface area (Å²) in [6.07, 6.45) is 5.23. The number of aryl methyl sites for hydroxylation is 1. The fourth-order valence-corrected chi connectivity index (χ4v) is 1.71. The van der Waals surface area contributed by atoms with Crippen LogP contribution < -0.4 is 10.1 Å². The molecule has 0 atom stereocenters. The van der Waals surface area contributed by atoms with Crippen molar-refractivity contribution < 1.29 is 4.74 Å². The first-order valence-electron chi connectivity index (χ1n) is 6.46. The molecule has 0 aliphatic carbocycles. The molecule has 19 heavy (non-hydrogen) atoms. The quantitative estimate of drug-likeness (QED) is 0.866. The summed E-state index contributed by atoms with van der Waals surface area (Å²) in [6.45, 7) is 6.09. The first-order chi connectivity index (χ1) is 9.15. The van der Waals surface area contributed by atoms with E-state index >= 15 is 0 Å². The van der Waals surface area contributed by atoms with Crippen molar-refractivity contribution in [1.82, 2.24) is 20.1 Å². The third-order valence-corrected chi connectivity index (χ3v) is 2.61. The van der Waals surface area contributed by atoms with E-state index in [9.17, 15) is 0 Å². The lowest BCUT2D eigenvalue weighted by molar-refractivity contribution is 0.449. The van der Waals surface area contributed by atoms with Gasteiger partial charge in [-0.15, -0.1) is 0 Å². The highest BCUT2D eigenvalue weighted by Crippen LogP contribution is 2.21. The van der Waals surface area contributed by atoms with Gasteiger partial charge in [0.15, 0.2) is 5.75 Å². The Labute approximate surface area is 113 Å². The molecule has 0 spiro atoms. The molecule has 2 heterocycles. The van der Waals surface area contributed by atoms with E-state index in [0.717, 1.165) is 18.7 Å². The van der Waals surface area contributed by atoms with Crippen LogP contribution in [0.3, 0.4) is 0 Å². The summed E-state index contributed by atoms with van der Waals surface area (Å²) in [5, 5.41) is 7.47. The van der Waals surface area contributed by atoms with E-state index in [1.165, 1.54) is 0 Å². The average Bonchev–Trinajstić information content (AvgIpc) is 2.77. The molecule has 2 aromatic rings. The maximum Gasteiger partial charge on any atom is 0.223 e. The Balaban J connectivity index is 2.03. The Morgan fingerprint density at radius 2 is 2.26 bits per heavy atom. The van der Waals surface area contributed by atoms with Crippen molar-refractivity contribution in [2.75, 3.05) is 6.54 Å². The van der Waals surface area contributed by atoms with E-state index < -0.39 is 0 Å². The van der Waals surface area contributed by atoms with Crippen molar-refractivity contribution in [1.29, 1.82) is 0 Å². The fourth-order valence-electron chi connectivity index (χ4n) is 1.71. The molecule has 2 rings (SSSR count). The van der Waals surface area contributed by atoms with E-state index in [-0.39, 0.29) is 0 Å². The number of aromatic nitrogens is 3. The van der Waals surface area contributed by atoms with Crippen LogP contribution in [0.1, 0.15) is 19.4 Å². The molecule has 1 N–H and O–H groups in total. The molecular weight excluding hydrogens is 240 g/mol. The Hall–Kier alpha value is -1.88. The number of hydrogen-bond donors (Lipinski definition) is 1. The molecule has 2 aromatic heterocycles. The average molecular weight is 260 g/mol. The largest absolute Gasteiger partial charge is 0.435 e. The lowest BCUT2D eigenvalue weighted by Crippen LogP contribution is -2.19. The normalized spacial score (nSPS) is 10.9. The van der Waals surface area contributed by atoms with Gasteiger partial charge in [-0.2, -0.15) is 5.10 Å². The maximum atomic E-state index is 5.75. The first kappa shape index (κ1) is 13.5. The summed E-state index contributed by atoms with van der Waals surface area (Å²) in [5.41, 5.74) is 1.05. The van der Waals surface area contributed by atoms with Gasteiger partial charge in [0.1, 0.15) is 0 Å². The van der Waals surface area contributed by atoms with Crippen LogP contribution in [0.2, 0.25) is 0 Å². The van der Waals surface area contributed by atoms with Gasteiger partial charge in [0, 0.05) is 25.4 Å². The molecular formula is C14H20N4O. The highest BCUT2D eigenvalue weighted by Gasteiger charge is 2.07. The predicted molar refractivity (Wildman–Crippen MR) is 74.1 cm³/mol. The Morgan fingerprint density at radius 3 is 2.95 bits per heavy atom. The Kier molecular flexibility index (Phi) is 4.52. The number of nitrogens with one attached hydrogen (secondary N) is 1. The van der Waals surface area contributed by atoms with Crippen LogP contribution in [0.25, 0.3) is 0 Å². The van der Waals surface area contributed by atoms with Gasteiger partial charge in [0.25, 0.3) is 0 Å². The van der Waals surface area contributed by atoms with Crippen molar-refractivity contribution in [2.24, 2.45) is 13.0 Å². The Bertz CT molecular complexity index is 522. The monoisotopic (exact) mass is 260 g/mol. The molecule has 5 nitrogen and oxygen atoms in total. The highest BCUT2D eigenvalue weighted by molar-refractivity contribution is 5.29. The molecule has 0 saturated carbocycles. The fraction of sp³-hybridized carbons (Fsp3) is 0.429. The molecule has 0 bridgehead atoms. The summed E-state index contributed by atoms with van der Waals surface area (Å²) in [4.78, 5) is 4.28. The van der Waals surface area contributed by atoms with Crippen LogP contribution in [0.4, 0.5) is 0 Å². The number of rotatable bonds is 6. The van der Waals surface area contributed by atoms with Crippen molar-refractivity contribution in [3.8, 4) is 11.6 Å². The summed E-state index contributed by atoms with van der Waals surface area (Å²) < 4.78 is 7.46. The van der Waals surface area contributed by atoms with Crippen LogP contribution in [0.15, 0.2) is 30.7 Å². The zero-order valence-corrected chi connectivity index (χ0v) is 11.6. The summed E-state index contributed by atoms with van der Waals surface area (Å²) in [5.74, 6) is 1.96. The van der Waals surface area contributed by atoms with Crippen molar-refractivity contribution in [2.45, 2.75) is 20.4 Å². The van der Waals surface area contributed by atoms with Gasteiger partial charge in [-0.1, -0.05) is 19.9 Å². The highest BCUT2D eigenvalue weighted by atomic mass is 16.5. The SMILES string of the molecule is CC(C)CNCc1cccnc1Oc1cnn(C)c1. The van der Waals surface area contributed by atoms with E-state index in [1.54, 1.807) is 17.1 Å². The molecule has 0 aliphatic rings. The van der Waals surface area contributed by atoms with Gasteiger partial charge < -0.3 is 10.1 Å². The number of hydrogen-bond acceptors (Lipinski definition) is 4. The molecule has 102 valence electrons. The first-order valence-corrected chi connectivity index (χ1v) is 6.46. The molecule has 0 amide bonds. The molecule has 0 unspecified atom stereocenters. The van der Waals surface area contributed by atoms with Gasteiger partial charge in [0.05, 0.1) is 12.4 Å². The molecule has 0 aliphatic heterocycles. The van der Waals surface area contributed by atoms with Crippen molar-refractivity contribution in [3.05, 3.63) is 36.3 Å². The van der Waals surface area contributed by atoms with E-state index in [2.05, 4.69) is 29.2 Å². The topological polar surface area (TPSA) is 52.0 Å². The van der Waals surface area contributed by atoms with Gasteiger partial charge in [-0.3, -0.25) is 4.68 Å². The minimum absolute atomic E-state index is 0.624. The second kappa shape index (κ2) is 6.33. The van der Waals surface area contributed by atoms with E-state index in [4.69, 9.17) is 4.74 Å². The van der Waals surface area contributed by atoms with Crippen LogP contribution in [0.5, 0.6) is 11.6 Å². The number of nitrogens with zero attached hydrogens (tertiary/aromatic N) is 3. The standard InChI is InChI=1S/C14H20N4O/c1-11(2)7-15-8-12-5-4-6-16-14(12)19-13-9-17-18(3)10-13/h4-6,9-11,15H,7-8H2,1-3H3. The van der Waals surface area contributed by atoms with Crippen LogP contribution >= 0.6 is 0 Å². The number of pyridine rings is 1. The molecule has 0 fully saturated rings. The summed E-state index contributed by atoms with van der Waals surface area (Å²) in [6, 6.07) is 3.94. The summed E-state index contributed by atoms with van der Waals surface area (Å²) in [7, 11) is 1.86. The van der Waals surface area contributed by atoms with E-state index in [0.29, 0.717) is 17.5 Å². The maximum absolute atomic E-state index is 5.75. The van der Waals surface area contributed by atoms with Crippen molar-refractivity contribution in [3.63, 3.8) is 0 Å². The zero-order valence-electron chi connectivity index (χ0n) is 11.6. The predicted octanol–water partition coefficient (Wildman–Crippen LogP) is 2.35. The van der Waals surface area contributed by atoms with Crippen molar-refractivity contribution >= 4 is 0 Å². The van der Waals surface area contributed by atoms with Crippen LogP contribution in [-0.4, -0.2) is 21.3 Å². The number of ether oxygens (including phenoxy) is 1. The lowest BCUT2D eigenvalue weighted by Gasteiger charge is -2.10. The van der Waals surface area contributed by atoms with Crippen LogP contribution in [0, 0.1) is 5.92 Å². The van der Waals surface area contributed by atoms with Gasteiger partial charge >= 0.3 is 0 Å². The van der Waals surface area contributed by atoms with Gasteiger partial charge in [-0.05, 0) is 18.5 Å². The lowest BCUT2D eigenvalue weighted by atomic mass is 10.2. The third kappa shape index (κ3) is 4.06. The van der Waals surface area contributed by atoms with E-state index in [1.807, 2.05) is 25.4 Å². The molecule has 0 radical (unpaired) electrons. The Morgan fingerprint density at radius 1 is 1.42 bits per heavy atom. The molecule has 5 heteroatoms. The van der Waals surface area contributed by atoms with Gasteiger partial charge in [-0.25, -0.2) is 4.98 Å². The molecule has 0 aromatic carbocycles. The minimum Gasteiger partial charge on any atom is -0.435 e. The zero-order chi connectivity index (χ0) is 13.7. The second-order valence-electron chi connectivity index (χ2n) is 4.94. The van der Waals surface area contributed by atoms with Gasteiger partial charge in [0.2, 0.25) is 5.88 Å². The smallest absolute Gasteiger partial charge is 0.223 e. The third-order valence-electron chi connectivity index (χ3n) is 2.61. The van der Waals surface area contributed by atoms with Crippen LogP contribution in [-0.2, 0) is 13.6 Å². The minimum atomic E-state index is 0.624.